The van der Waals surface area contributed by atoms with Crippen molar-refractivity contribution in [3.63, 3.8) is 0 Å². The Labute approximate surface area is 234 Å². The number of alkyl halides is 6. The van der Waals surface area contributed by atoms with Crippen molar-refractivity contribution in [2.24, 2.45) is 0 Å². The first-order valence-electron chi connectivity index (χ1n) is 9.15. The number of halogens is 6. The molecule has 0 aromatic heterocycles. The van der Waals surface area contributed by atoms with E-state index >= 15 is 0 Å². The number of hydrogen-bond donors (Lipinski definition) is 0. The third-order valence-corrected chi connectivity index (χ3v) is 4.65. The topological polar surface area (TPSA) is 137 Å². The summed E-state index contributed by atoms with van der Waals surface area (Å²) < 4.78 is 99.4. The maximum absolute atomic E-state index is 11.8. The van der Waals surface area contributed by atoms with E-state index < -0.39 is 45.6 Å². The van der Waals surface area contributed by atoms with Gasteiger partial charge in [0.2, 0.25) is 0 Å². The van der Waals surface area contributed by atoms with Crippen LogP contribution in [-0.2, 0) is 26.3 Å². The molecule has 0 aliphatic rings. The molecule has 2 atom stereocenters. The SMILES string of the molecule is Cc1ccc(C(=O)C=[N+]=[N-])cc1.Cc1ccc(C(=O)COS(=O)C(F)(F)F)cc1.O=S([O-])C(F)(F)F.[Na+]. The monoisotopic (exact) mass is 582 g/mol. The minimum atomic E-state index is -5.08. The molecule has 198 valence electrons. The number of rotatable bonds is 6. The van der Waals surface area contributed by atoms with Crippen LogP contribution in [0.4, 0.5) is 26.3 Å². The van der Waals surface area contributed by atoms with Crippen molar-refractivity contribution in [1.82, 2.24) is 0 Å². The molecule has 2 rings (SSSR count). The van der Waals surface area contributed by atoms with Crippen molar-refractivity contribution in [2.45, 2.75) is 24.9 Å². The van der Waals surface area contributed by atoms with Gasteiger partial charge in [-0.3, -0.25) is 18.0 Å². The maximum Gasteiger partial charge on any atom is 1.00 e. The Balaban J connectivity index is 0. The first-order valence-corrected chi connectivity index (χ1v) is 11.3. The van der Waals surface area contributed by atoms with E-state index in [4.69, 9.17) is 14.3 Å². The molecule has 0 fully saturated rings. The van der Waals surface area contributed by atoms with E-state index in [1.807, 2.05) is 26.0 Å². The molecular formula is C20H17F6N2NaO6S2. The average molecular weight is 582 g/mol. The van der Waals surface area contributed by atoms with E-state index in [2.05, 4.69) is 8.97 Å². The van der Waals surface area contributed by atoms with Crippen LogP contribution >= 0.6 is 0 Å². The van der Waals surface area contributed by atoms with Gasteiger partial charge in [0.05, 0.1) is 11.1 Å². The fourth-order valence-electron chi connectivity index (χ4n) is 1.84. The molecule has 2 aromatic rings. The third-order valence-electron chi connectivity index (χ3n) is 3.56. The van der Waals surface area contributed by atoms with E-state index in [1.165, 1.54) is 12.1 Å². The summed E-state index contributed by atoms with van der Waals surface area (Å²) in [4.78, 5) is 25.1. The van der Waals surface area contributed by atoms with Gasteiger partial charge in [-0.25, -0.2) is 4.21 Å². The molecule has 0 saturated heterocycles. The maximum atomic E-state index is 11.8. The fraction of sp³-hybridized carbons (Fsp3) is 0.250. The molecule has 0 heterocycles. The predicted molar refractivity (Wildman–Crippen MR) is 116 cm³/mol. The van der Waals surface area contributed by atoms with Gasteiger partial charge in [0.25, 0.3) is 16.9 Å². The summed E-state index contributed by atoms with van der Waals surface area (Å²) in [6.07, 6.45) is 0.880. The number of hydrogen-bond acceptors (Lipinski definition) is 6. The van der Waals surface area contributed by atoms with Crippen LogP contribution < -0.4 is 29.6 Å². The summed E-state index contributed by atoms with van der Waals surface area (Å²) in [5, 5.41) is 0. The van der Waals surface area contributed by atoms with Gasteiger partial charge in [-0.15, -0.1) is 0 Å². The number of nitrogens with zero attached hydrogens (tertiary/aromatic N) is 2. The van der Waals surface area contributed by atoms with Crippen LogP contribution in [0.25, 0.3) is 5.53 Å². The molecule has 0 saturated carbocycles. The van der Waals surface area contributed by atoms with Crippen molar-refractivity contribution in [1.29, 1.82) is 0 Å². The molecule has 8 nitrogen and oxygen atoms in total. The summed E-state index contributed by atoms with van der Waals surface area (Å²) in [6, 6.07) is 13.3. The molecule has 2 unspecified atom stereocenters. The summed E-state index contributed by atoms with van der Waals surface area (Å²) >= 11 is -7.39. The van der Waals surface area contributed by atoms with Crippen molar-refractivity contribution < 1.29 is 87.4 Å². The third kappa shape index (κ3) is 16.4. The number of ketones is 2. The van der Waals surface area contributed by atoms with Crippen molar-refractivity contribution in [2.75, 3.05) is 6.61 Å². The van der Waals surface area contributed by atoms with Crippen LogP contribution in [0.15, 0.2) is 48.5 Å². The van der Waals surface area contributed by atoms with E-state index in [-0.39, 0.29) is 40.9 Å². The number of carbonyl (C=O) groups excluding carboxylic acids is 2. The summed E-state index contributed by atoms with van der Waals surface area (Å²) in [5.41, 5.74) is 0.805. The second-order valence-corrected chi connectivity index (χ2v) is 8.49. The van der Waals surface area contributed by atoms with Gasteiger partial charge in [0, 0.05) is 11.1 Å². The Morgan fingerprint density at radius 3 is 1.59 bits per heavy atom. The van der Waals surface area contributed by atoms with Crippen LogP contribution in [0.2, 0.25) is 0 Å². The number of aryl methyl sites for hydroxylation is 2. The van der Waals surface area contributed by atoms with Gasteiger partial charge in [0.15, 0.2) is 5.78 Å². The molecule has 17 heteroatoms. The predicted octanol–water partition coefficient (Wildman–Crippen LogP) is 1.25. The zero-order valence-electron chi connectivity index (χ0n) is 19.3. The Morgan fingerprint density at radius 1 is 0.892 bits per heavy atom. The van der Waals surface area contributed by atoms with Crippen LogP contribution in [0.1, 0.15) is 31.8 Å². The first kappa shape index (κ1) is 37.1. The smallest absolute Gasteiger partial charge is 0.766 e. The average Bonchev–Trinajstić information content (AvgIpc) is 2.78. The fourth-order valence-corrected chi connectivity index (χ4v) is 2.19. The molecule has 0 bridgehead atoms. The molecule has 0 radical (unpaired) electrons. The summed E-state index contributed by atoms with van der Waals surface area (Å²) in [5.74, 6) is -0.944. The van der Waals surface area contributed by atoms with Crippen molar-refractivity contribution in [3.05, 3.63) is 76.3 Å². The quantitative estimate of drug-likeness (QED) is 0.0957. The Hall–Kier alpha value is -2.04. The minimum absolute atomic E-state index is 0. The standard InChI is InChI=1S/C10H9F3O3S.C9H8N2O.CHF3O2S.Na/c1-7-2-4-8(5-3-7)9(14)6-16-17(15)10(11,12)13;1-7-2-4-8(5-3-7)9(12)6-11-10;2-1(3,4)7(5)6;/h2-5H,6H2,1H3;2-6H,1H3;(H,5,6);/q;;;+1/p-1. The molecule has 0 spiro atoms. The van der Waals surface area contributed by atoms with Crippen LogP contribution in [0, 0.1) is 13.8 Å². The second kappa shape index (κ2) is 17.5. The van der Waals surface area contributed by atoms with Gasteiger partial charge >= 0.3 is 46.8 Å². The van der Waals surface area contributed by atoms with Crippen molar-refractivity contribution in [3.8, 4) is 0 Å². The molecule has 0 amide bonds. The molecule has 0 N–H and O–H groups in total. The zero-order valence-corrected chi connectivity index (χ0v) is 23.0. The van der Waals surface area contributed by atoms with E-state index in [0.29, 0.717) is 5.56 Å². The van der Waals surface area contributed by atoms with E-state index in [0.717, 1.165) is 17.3 Å². The molecule has 0 aliphatic heterocycles. The first-order chi connectivity index (χ1) is 16.5. The Bertz CT molecular complexity index is 1120. The summed E-state index contributed by atoms with van der Waals surface area (Å²) in [6.45, 7) is 2.88. The number of carbonyl (C=O) groups is 2. The molecule has 0 aliphatic carbocycles. The summed E-state index contributed by atoms with van der Waals surface area (Å²) in [7, 11) is 0. The minimum Gasteiger partial charge on any atom is -0.766 e. The van der Waals surface area contributed by atoms with Crippen molar-refractivity contribution >= 4 is 39.9 Å². The number of benzene rings is 2. The van der Waals surface area contributed by atoms with Gasteiger partial charge in [-0.2, -0.15) is 31.1 Å². The molecular weight excluding hydrogens is 565 g/mol. The Morgan fingerprint density at radius 2 is 1.27 bits per heavy atom. The van der Waals surface area contributed by atoms with E-state index in [9.17, 15) is 40.1 Å². The van der Waals surface area contributed by atoms with Crippen LogP contribution in [0.3, 0.4) is 0 Å². The molecule has 2 aromatic carbocycles. The van der Waals surface area contributed by atoms with Crippen LogP contribution in [0.5, 0.6) is 0 Å². The van der Waals surface area contributed by atoms with Gasteiger partial charge < -0.3 is 10.1 Å². The normalized spacial score (nSPS) is 12.1. The largest absolute Gasteiger partial charge is 1.00 e. The van der Waals surface area contributed by atoms with Crippen LogP contribution in [-0.4, -0.2) is 53.2 Å². The number of Topliss-reactive ketones (excluding diaryl/α,β-unsaturated/α-hetero) is 2. The van der Waals surface area contributed by atoms with E-state index in [1.54, 1.807) is 24.3 Å². The van der Waals surface area contributed by atoms with Gasteiger partial charge in [-0.05, 0) is 13.8 Å². The Kier molecular flexibility index (Phi) is 17.5. The van der Waals surface area contributed by atoms with Gasteiger partial charge in [-0.1, -0.05) is 59.7 Å². The second-order valence-electron chi connectivity index (χ2n) is 6.39. The zero-order chi connectivity index (χ0) is 28.1. The van der Waals surface area contributed by atoms with Gasteiger partial charge in [0.1, 0.15) is 6.61 Å². The molecule has 37 heavy (non-hydrogen) atoms.